The number of hydrogen-bond acceptors (Lipinski definition) is 7. The van der Waals surface area contributed by atoms with Crippen molar-refractivity contribution in [1.82, 2.24) is 10.2 Å². The van der Waals surface area contributed by atoms with Crippen molar-refractivity contribution in [2.45, 2.75) is 68.8 Å². The Morgan fingerprint density at radius 1 is 0.587 bits per heavy atom. The minimum absolute atomic E-state index is 0.229. The summed E-state index contributed by atoms with van der Waals surface area (Å²) in [6.07, 6.45) is -29.9. The van der Waals surface area contributed by atoms with Crippen molar-refractivity contribution in [3.8, 4) is 11.1 Å². The molecule has 0 bridgehead atoms. The molecule has 5 rings (SSSR count). The molecule has 4 aromatic carbocycles. The van der Waals surface area contributed by atoms with Gasteiger partial charge < -0.3 is 10.1 Å². The summed E-state index contributed by atoms with van der Waals surface area (Å²) in [5, 5.41) is 1.99. The number of halogens is 15. The van der Waals surface area contributed by atoms with Gasteiger partial charge >= 0.3 is 48.9 Å². The molecule has 1 aliphatic carbocycles. The largest absolute Gasteiger partial charge is 0.495 e. The Morgan fingerprint density at radius 2 is 1.00 bits per heavy atom. The summed E-state index contributed by atoms with van der Waals surface area (Å²) in [5.74, 6) is -5.44. The summed E-state index contributed by atoms with van der Waals surface area (Å²) in [4.78, 5) is 45.5. The van der Waals surface area contributed by atoms with Gasteiger partial charge in [-0.05, 0) is 89.2 Å². The van der Waals surface area contributed by atoms with Gasteiger partial charge in [-0.25, -0.2) is 24.2 Å². The predicted octanol–water partition coefficient (Wildman–Crippen LogP) is 11.0. The molecule has 4 aromatic rings. The first-order chi connectivity index (χ1) is 29.1. The first-order valence-electron chi connectivity index (χ1n) is 18.0. The zero-order valence-corrected chi connectivity index (χ0v) is 31.5. The average molecular weight is 919 g/mol. The molecule has 0 heterocycles. The lowest BCUT2D eigenvalue weighted by Crippen LogP contribution is -2.43. The van der Waals surface area contributed by atoms with Crippen LogP contribution in [0.3, 0.4) is 0 Å². The van der Waals surface area contributed by atoms with Gasteiger partial charge in [-0.3, -0.25) is 4.90 Å². The quantitative estimate of drug-likeness (QED) is 0.0859. The number of nitrogens with one attached hydrogen (secondary N) is 1. The van der Waals surface area contributed by atoms with E-state index in [0.717, 1.165) is 27.2 Å². The van der Waals surface area contributed by atoms with Crippen LogP contribution in [0.5, 0.6) is 0 Å². The van der Waals surface area contributed by atoms with Gasteiger partial charge in [-0.2, -0.15) is 65.9 Å². The molecule has 0 saturated heterocycles. The van der Waals surface area contributed by atoms with Crippen LogP contribution in [0.4, 0.5) is 70.7 Å². The standard InChI is InChI=1S/C40H29F15N2O6/c41-36(42,43)23-12-21(13-24(16-23)37(44,45)46)18-57(19-22-14-25(38(47,48)49)17-26(15-22)39(50,51)52)11-5-10-32(33(58)62-63-34(59)40(53,54)55)56-35(60)61-20-31-29-8-3-1-6-27(29)28-7-2-4-9-30(28)31/h1-4,6-9,12-17,31-32H,5,10-11,18-20H2,(H,56,60)/t32-/m0/s1. The van der Waals surface area contributed by atoms with Crippen molar-refractivity contribution < 1.29 is 94.8 Å². The van der Waals surface area contributed by atoms with Gasteiger partial charge in [0.05, 0.1) is 22.3 Å². The number of amides is 1. The lowest BCUT2D eigenvalue weighted by atomic mass is 9.98. The van der Waals surface area contributed by atoms with Gasteiger partial charge in [0.2, 0.25) is 0 Å². The summed E-state index contributed by atoms with van der Waals surface area (Å²) in [6.45, 7) is -3.11. The van der Waals surface area contributed by atoms with Gasteiger partial charge in [0.15, 0.2) is 0 Å². The minimum atomic E-state index is -5.68. The Morgan fingerprint density at radius 3 is 1.40 bits per heavy atom. The van der Waals surface area contributed by atoms with E-state index >= 15 is 0 Å². The molecule has 8 nitrogen and oxygen atoms in total. The van der Waals surface area contributed by atoms with Crippen molar-refractivity contribution in [2.24, 2.45) is 0 Å². The highest BCUT2D eigenvalue weighted by atomic mass is 19.4. The molecule has 0 spiro atoms. The highest BCUT2D eigenvalue weighted by Gasteiger charge is 2.44. The summed E-state index contributed by atoms with van der Waals surface area (Å²) in [5.41, 5.74) is -5.72. The van der Waals surface area contributed by atoms with Crippen LogP contribution >= 0.6 is 0 Å². The lowest BCUT2D eigenvalue weighted by Gasteiger charge is -2.26. The summed E-state index contributed by atoms with van der Waals surface area (Å²) in [7, 11) is 0. The molecule has 1 aliphatic rings. The minimum Gasteiger partial charge on any atom is -0.449 e. The molecule has 1 N–H and O–H groups in total. The van der Waals surface area contributed by atoms with E-state index in [1.807, 2.05) is 5.32 Å². The third-order valence-corrected chi connectivity index (χ3v) is 9.43. The van der Waals surface area contributed by atoms with E-state index in [-0.39, 0.29) is 43.0 Å². The molecule has 1 atom stereocenters. The number of alkyl carbamates (subject to hydrolysis) is 1. The molecular formula is C40H29F15N2O6. The molecule has 63 heavy (non-hydrogen) atoms. The molecule has 0 radical (unpaired) electrons. The number of fused-ring (bicyclic) bond motifs is 3. The number of hydrogen-bond donors (Lipinski definition) is 1. The van der Waals surface area contributed by atoms with Gasteiger partial charge in [-0.15, -0.1) is 0 Å². The van der Waals surface area contributed by atoms with Crippen LogP contribution in [0, 0.1) is 0 Å². The number of benzene rings is 4. The molecule has 0 fully saturated rings. The zero-order chi connectivity index (χ0) is 46.7. The third-order valence-electron chi connectivity index (χ3n) is 9.43. The average Bonchev–Trinajstić information content (AvgIpc) is 3.50. The normalized spacial score (nSPS) is 13.9. The number of carbonyl (C=O) groups excluding carboxylic acids is 3. The molecular weight excluding hydrogens is 889 g/mol. The molecule has 0 saturated carbocycles. The third kappa shape index (κ3) is 12.6. The summed E-state index contributed by atoms with van der Waals surface area (Å²) >= 11 is 0. The van der Waals surface area contributed by atoms with E-state index in [1.54, 1.807) is 48.5 Å². The molecule has 1 amide bonds. The van der Waals surface area contributed by atoms with E-state index in [9.17, 15) is 80.2 Å². The zero-order valence-electron chi connectivity index (χ0n) is 31.5. The van der Waals surface area contributed by atoms with E-state index in [4.69, 9.17) is 4.74 Å². The highest BCUT2D eigenvalue weighted by molar-refractivity contribution is 5.83. The Kier molecular flexibility index (Phi) is 14.0. The lowest BCUT2D eigenvalue weighted by molar-refractivity contribution is -0.286. The van der Waals surface area contributed by atoms with Gasteiger partial charge in [0, 0.05) is 19.0 Å². The molecule has 23 heteroatoms. The van der Waals surface area contributed by atoms with Crippen LogP contribution in [0.25, 0.3) is 11.1 Å². The van der Waals surface area contributed by atoms with Crippen molar-refractivity contribution in [3.63, 3.8) is 0 Å². The number of carbonyl (C=O) groups is 3. The van der Waals surface area contributed by atoms with Crippen molar-refractivity contribution in [2.75, 3.05) is 13.2 Å². The fraction of sp³-hybridized carbons (Fsp3) is 0.325. The van der Waals surface area contributed by atoms with Crippen LogP contribution in [-0.4, -0.2) is 48.3 Å². The monoisotopic (exact) mass is 918 g/mol. The van der Waals surface area contributed by atoms with E-state index in [2.05, 4.69) is 9.78 Å². The fourth-order valence-electron chi connectivity index (χ4n) is 6.69. The van der Waals surface area contributed by atoms with Gasteiger partial charge in [0.1, 0.15) is 12.6 Å². The van der Waals surface area contributed by atoms with Gasteiger partial charge in [0.25, 0.3) is 0 Å². The smallest absolute Gasteiger partial charge is 0.449 e. The van der Waals surface area contributed by atoms with Crippen LogP contribution in [0.1, 0.15) is 63.3 Å². The highest BCUT2D eigenvalue weighted by Crippen LogP contribution is 2.45. The van der Waals surface area contributed by atoms with Crippen LogP contribution in [0.2, 0.25) is 0 Å². The first kappa shape index (κ1) is 48.0. The van der Waals surface area contributed by atoms with Crippen LogP contribution < -0.4 is 5.32 Å². The molecule has 0 aromatic heterocycles. The molecule has 340 valence electrons. The van der Waals surface area contributed by atoms with Crippen LogP contribution in [0.15, 0.2) is 84.9 Å². The van der Waals surface area contributed by atoms with E-state index in [0.29, 0.717) is 0 Å². The number of rotatable bonds is 12. The second-order valence-electron chi connectivity index (χ2n) is 14.0. The predicted molar refractivity (Wildman–Crippen MR) is 186 cm³/mol. The maximum Gasteiger partial charge on any atom is 0.495 e. The topological polar surface area (TPSA) is 94.2 Å². The van der Waals surface area contributed by atoms with Gasteiger partial charge in [-0.1, -0.05) is 48.5 Å². The van der Waals surface area contributed by atoms with E-state index in [1.165, 1.54) is 0 Å². The summed E-state index contributed by atoms with van der Waals surface area (Å²) in [6, 6.07) is 12.5. The Hall–Kier alpha value is -6.00. The Labute approximate surface area is 345 Å². The molecule has 0 aliphatic heterocycles. The SMILES string of the molecule is O=C(N[C@@H](CCCN(Cc1cc(C(F)(F)F)cc(C(F)(F)F)c1)Cc1cc(C(F)(F)F)cc(C(F)(F)F)c1)C(=O)OOC(=O)C(F)(F)F)OCC1c2ccccc2-c2ccccc21. The van der Waals surface area contributed by atoms with Crippen LogP contribution in [-0.2, 0) is 61.9 Å². The Bertz CT molecular complexity index is 2120. The van der Waals surface area contributed by atoms with E-state index < -0.39 is 127 Å². The Balaban J connectivity index is 1.42. The number of alkyl halides is 15. The maximum atomic E-state index is 13.7. The van der Waals surface area contributed by atoms with Crippen molar-refractivity contribution in [1.29, 1.82) is 0 Å². The summed E-state index contributed by atoms with van der Waals surface area (Å²) < 4.78 is 208. The van der Waals surface area contributed by atoms with Crippen molar-refractivity contribution in [3.05, 3.63) is 129 Å². The van der Waals surface area contributed by atoms with Crippen molar-refractivity contribution >= 4 is 18.0 Å². The number of ether oxygens (including phenoxy) is 1. The fourth-order valence-corrected chi connectivity index (χ4v) is 6.69. The number of nitrogens with zero attached hydrogens (tertiary/aromatic N) is 1. The first-order valence-corrected chi connectivity index (χ1v) is 18.0. The molecule has 0 unspecified atom stereocenters. The second kappa shape index (κ2) is 18.4. The maximum absolute atomic E-state index is 13.7. The second-order valence-corrected chi connectivity index (χ2v) is 14.0.